The third-order valence-electron chi connectivity index (χ3n) is 5.45. The number of piperidine rings is 1. The minimum atomic E-state index is -0.301. The van der Waals surface area contributed by atoms with Crippen molar-refractivity contribution < 1.29 is 19.1 Å². The van der Waals surface area contributed by atoms with Crippen LogP contribution in [0.1, 0.15) is 28.8 Å². The van der Waals surface area contributed by atoms with Crippen molar-refractivity contribution in [3.8, 4) is 0 Å². The Labute approximate surface area is 169 Å². The molecule has 1 fully saturated rings. The van der Waals surface area contributed by atoms with Crippen molar-refractivity contribution in [3.05, 3.63) is 59.7 Å². The van der Waals surface area contributed by atoms with Crippen LogP contribution in [0.5, 0.6) is 0 Å². The summed E-state index contributed by atoms with van der Waals surface area (Å²) < 4.78 is 5.33. The first-order valence-corrected chi connectivity index (χ1v) is 9.76. The number of fused-ring (bicyclic) bond motifs is 1. The van der Waals surface area contributed by atoms with E-state index in [1.54, 1.807) is 29.2 Å². The Morgan fingerprint density at radius 2 is 1.83 bits per heavy atom. The van der Waals surface area contributed by atoms with Gasteiger partial charge in [0, 0.05) is 30.3 Å². The number of likely N-dealkylation sites (tertiary alicyclic amines) is 1. The third kappa shape index (κ3) is 4.14. The van der Waals surface area contributed by atoms with E-state index in [-0.39, 0.29) is 24.6 Å². The van der Waals surface area contributed by atoms with Crippen LogP contribution in [0.4, 0.5) is 16.2 Å². The summed E-state index contributed by atoms with van der Waals surface area (Å²) in [5.41, 5.74) is 2.92. The van der Waals surface area contributed by atoms with Gasteiger partial charge in [0.2, 0.25) is 5.91 Å². The molecule has 7 heteroatoms. The summed E-state index contributed by atoms with van der Waals surface area (Å²) in [7, 11) is 0. The molecule has 0 radical (unpaired) electrons. The smallest absolute Gasteiger partial charge is 0.414 e. The molecule has 2 aliphatic heterocycles. The van der Waals surface area contributed by atoms with Crippen LogP contribution in [0.25, 0.3) is 0 Å². The fourth-order valence-electron chi connectivity index (χ4n) is 3.96. The number of nitrogens with one attached hydrogen (secondary N) is 1. The lowest BCUT2D eigenvalue weighted by atomic mass is 10.0. The highest BCUT2D eigenvalue weighted by Gasteiger charge is 2.34. The van der Waals surface area contributed by atoms with Gasteiger partial charge in [-0.05, 0) is 31.0 Å². The van der Waals surface area contributed by atoms with Crippen molar-refractivity contribution >= 4 is 29.7 Å². The van der Waals surface area contributed by atoms with Crippen LogP contribution in [0.2, 0.25) is 0 Å². The number of amides is 2. The van der Waals surface area contributed by atoms with E-state index in [1.165, 1.54) is 0 Å². The highest BCUT2D eigenvalue weighted by atomic mass is 16.6. The number of aldehydes is 1. The van der Waals surface area contributed by atoms with Crippen LogP contribution < -0.4 is 10.2 Å². The number of cyclic esters (lactones) is 1. The molecule has 4 rings (SSSR count). The third-order valence-corrected chi connectivity index (χ3v) is 5.45. The SMILES string of the molecule is O=Cc1ccccc1NC(=O)CN1CCC(N2C(=O)OCc3ccccc32)CC1. The average Bonchev–Trinajstić information content (AvgIpc) is 2.75. The largest absolute Gasteiger partial charge is 0.444 e. The van der Waals surface area contributed by atoms with E-state index < -0.39 is 0 Å². The lowest BCUT2D eigenvalue weighted by molar-refractivity contribution is -0.117. The van der Waals surface area contributed by atoms with Crippen molar-refractivity contribution in [2.24, 2.45) is 0 Å². The molecule has 0 atom stereocenters. The van der Waals surface area contributed by atoms with E-state index in [1.807, 2.05) is 24.3 Å². The van der Waals surface area contributed by atoms with Gasteiger partial charge in [-0.25, -0.2) is 4.79 Å². The molecule has 2 aromatic carbocycles. The standard InChI is InChI=1S/C22H23N3O4/c26-14-16-5-1-3-7-19(16)23-21(27)13-24-11-9-18(10-12-24)25-20-8-4-2-6-17(20)15-29-22(25)28/h1-8,14,18H,9-13,15H2,(H,23,27). The summed E-state index contributed by atoms with van der Waals surface area (Å²) >= 11 is 0. The number of carbonyl (C=O) groups excluding carboxylic acids is 3. The molecule has 2 heterocycles. The van der Waals surface area contributed by atoms with Crippen LogP contribution in [0.15, 0.2) is 48.5 Å². The highest BCUT2D eigenvalue weighted by Crippen LogP contribution is 2.31. The number of nitrogens with zero attached hydrogens (tertiary/aromatic N) is 2. The first kappa shape index (κ1) is 19.1. The first-order chi connectivity index (χ1) is 14.2. The Morgan fingerprint density at radius 1 is 1.10 bits per heavy atom. The fraction of sp³-hybridized carbons (Fsp3) is 0.318. The Kier molecular flexibility index (Phi) is 5.57. The van der Waals surface area contributed by atoms with E-state index in [4.69, 9.17) is 4.74 Å². The van der Waals surface area contributed by atoms with E-state index in [0.717, 1.165) is 30.4 Å². The Morgan fingerprint density at radius 3 is 2.62 bits per heavy atom. The number of ether oxygens (including phenoxy) is 1. The fourth-order valence-corrected chi connectivity index (χ4v) is 3.96. The molecule has 2 aromatic rings. The number of rotatable bonds is 5. The minimum absolute atomic E-state index is 0.0547. The quantitative estimate of drug-likeness (QED) is 0.790. The Bertz CT molecular complexity index is 922. The van der Waals surface area contributed by atoms with Crippen molar-refractivity contribution in [3.63, 3.8) is 0 Å². The van der Waals surface area contributed by atoms with Crippen molar-refractivity contribution in [2.45, 2.75) is 25.5 Å². The molecule has 7 nitrogen and oxygen atoms in total. The van der Waals surface area contributed by atoms with E-state index in [0.29, 0.717) is 30.9 Å². The molecular formula is C22H23N3O4. The monoisotopic (exact) mass is 393 g/mol. The van der Waals surface area contributed by atoms with Gasteiger partial charge < -0.3 is 10.1 Å². The number of hydrogen-bond acceptors (Lipinski definition) is 5. The van der Waals surface area contributed by atoms with Crippen molar-refractivity contribution in [2.75, 3.05) is 29.9 Å². The van der Waals surface area contributed by atoms with Gasteiger partial charge >= 0.3 is 6.09 Å². The van der Waals surface area contributed by atoms with Crippen LogP contribution in [0.3, 0.4) is 0 Å². The zero-order chi connectivity index (χ0) is 20.2. The van der Waals surface area contributed by atoms with Crippen LogP contribution in [-0.2, 0) is 16.1 Å². The van der Waals surface area contributed by atoms with Gasteiger partial charge in [0.25, 0.3) is 0 Å². The lowest BCUT2D eigenvalue weighted by Gasteiger charge is -2.40. The summed E-state index contributed by atoms with van der Waals surface area (Å²) in [6, 6.07) is 14.8. The molecule has 0 bridgehead atoms. The maximum atomic E-state index is 12.4. The second-order valence-electron chi connectivity index (χ2n) is 7.31. The van der Waals surface area contributed by atoms with Crippen LogP contribution in [-0.4, -0.2) is 48.9 Å². The topological polar surface area (TPSA) is 79.0 Å². The van der Waals surface area contributed by atoms with Crippen molar-refractivity contribution in [1.29, 1.82) is 0 Å². The molecule has 1 saturated heterocycles. The number of para-hydroxylation sites is 2. The maximum absolute atomic E-state index is 12.4. The average molecular weight is 393 g/mol. The molecule has 0 unspecified atom stereocenters. The summed E-state index contributed by atoms with van der Waals surface area (Å²) in [6.07, 6.45) is 1.96. The zero-order valence-corrected chi connectivity index (χ0v) is 16.0. The molecule has 29 heavy (non-hydrogen) atoms. The maximum Gasteiger partial charge on any atom is 0.414 e. The van der Waals surface area contributed by atoms with Gasteiger partial charge in [0.05, 0.1) is 17.9 Å². The van der Waals surface area contributed by atoms with Gasteiger partial charge in [0.1, 0.15) is 6.61 Å². The number of carbonyl (C=O) groups is 3. The zero-order valence-electron chi connectivity index (χ0n) is 16.0. The number of hydrogen-bond donors (Lipinski definition) is 1. The van der Waals surface area contributed by atoms with Gasteiger partial charge in [0.15, 0.2) is 6.29 Å². The minimum Gasteiger partial charge on any atom is -0.444 e. The molecule has 0 saturated carbocycles. The molecule has 150 valence electrons. The predicted octanol–water partition coefficient (Wildman–Crippen LogP) is 3.06. The predicted molar refractivity (Wildman–Crippen MR) is 109 cm³/mol. The lowest BCUT2D eigenvalue weighted by Crippen LogP contribution is -2.50. The molecule has 1 N–H and O–H groups in total. The van der Waals surface area contributed by atoms with E-state index in [2.05, 4.69) is 10.2 Å². The normalized spacial score (nSPS) is 17.4. The molecule has 0 spiro atoms. The molecule has 2 aliphatic rings. The van der Waals surface area contributed by atoms with E-state index in [9.17, 15) is 14.4 Å². The Balaban J connectivity index is 1.35. The summed E-state index contributed by atoms with van der Waals surface area (Å²) in [6.45, 7) is 1.98. The second-order valence-corrected chi connectivity index (χ2v) is 7.31. The molecule has 0 aliphatic carbocycles. The van der Waals surface area contributed by atoms with Gasteiger partial charge in [-0.15, -0.1) is 0 Å². The number of anilines is 2. The molecule has 2 amide bonds. The Hall–Kier alpha value is -3.19. The first-order valence-electron chi connectivity index (χ1n) is 9.76. The summed E-state index contributed by atoms with van der Waals surface area (Å²) in [4.78, 5) is 39.7. The summed E-state index contributed by atoms with van der Waals surface area (Å²) in [5, 5.41) is 2.81. The van der Waals surface area contributed by atoms with Gasteiger partial charge in [-0.2, -0.15) is 0 Å². The van der Waals surface area contributed by atoms with E-state index >= 15 is 0 Å². The van der Waals surface area contributed by atoms with Gasteiger partial charge in [-0.1, -0.05) is 30.3 Å². The molecular weight excluding hydrogens is 370 g/mol. The van der Waals surface area contributed by atoms with Crippen molar-refractivity contribution in [1.82, 2.24) is 4.90 Å². The molecule has 0 aromatic heterocycles. The highest BCUT2D eigenvalue weighted by molar-refractivity contribution is 5.97. The van der Waals surface area contributed by atoms with Gasteiger partial charge in [-0.3, -0.25) is 19.4 Å². The number of benzene rings is 2. The van der Waals surface area contributed by atoms with Crippen LogP contribution in [0, 0.1) is 0 Å². The van der Waals surface area contributed by atoms with Crippen LogP contribution >= 0.6 is 0 Å². The summed E-state index contributed by atoms with van der Waals surface area (Å²) in [5.74, 6) is -0.152. The second kappa shape index (κ2) is 8.45.